The van der Waals surface area contributed by atoms with Gasteiger partial charge in [-0.25, -0.2) is 0 Å². The molecule has 2 N–H and O–H groups in total. The number of hydrogen-bond donors (Lipinski definition) is 1. The molecule has 0 unspecified atom stereocenters. The summed E-state index contributed by atoms with van der Waals surface area (Å²) in [5.74, 6) is 0.738. The summed E-state index contributed by atoms with van der Waals surface area (Å²) in [5.41, 5.74) is 7.34. The fraction of sp³-hybridized carbons (Fsp3) is 0.600. The lowest BCUT2D eigenvalue weighted by Crippen LogP contribution is -2.11. The smallest absolute Gasteiger partial charge is 0.126 e. The lowest BCUT2D eigenvalue weighted by Gasteiger charge is -2.10. The highest BCUT2D eigenvalue weighted by Crippen LogP contribution is 2.21. The van der Waals surface area contributed by atoms with Gasteiger partial charge in [-0.05, 0) is 6.07 Å². The van der Waals surface area contributed by atoms with Crippen molar-refractivity contribution >= 4 is 5.69 Å². The van der Waals surface area contributed by atoms with Crippen LogP contribution < -0.4 is 10.5 Å². The van der Waals surface area contributed by atoms with Crippen LogP contribution in [-0.2, 0) is 25.6 Å². The van der Waals surface area contributed by atoms with Gasteiger partial charge in [-0.15, -0.1) is 0 Å². The molecule has 1 aromatic rings. The Labute approximate surface area is 126 Å². The zero-order valence-electron chi connectivity index (χ0n) is 12.8. The first-order valence-corrected chi connectivity index (χ1v) is 6.92. The molecule has 6 heteroatoms. The van der Waals surface area contributed by atoms with Crippen LogP contribution in [0.2, 0.25) is 0 Å². The Hall–Kier alpha value is -1.34. The molecular weight excluding hydrogens is 274 g/mol. The summed E-state index contributed by atoms with van der Waals surface area (Å²) in [6.07, 6.45) is 0. The number of nitrogens with two attached hydrogens (primary N) is 1. The Morgan fingerprint density at radius 3 is 2.10 bits per heavy atom. The van der Waals surface area contributed by atoms with Crippen LogP contribution in [0.1, 0.15) is 5.56 Å². The van der Waals surface area contributed by atoms with Gasteiger partial charge in [0.2, 0.25) is 0 Å². The van der Waals surface area contributed by atoms with Gasteiger partial charge in [-0.1, -0.05) is 6.07 Å². The molecule has 0 aliphatic rings. The highest BCUT2D eigenvalue weighted by Gasteiger charge is 2.03. The zero-order chi connectivity index (χ0) is 15.3. The Morgan fingerprint density at radius 1 is 0.857 bits per heavy atom. The molecule has 120 valence electrons. The van der Waals surface area contributed by atoms with Crippen LogP contribution in [0.4, 0.5) is 5.69 Å². The molecule has 0 heterocycles. The van der Waals surface area contributed by atoms with E-state index in [-0.39, 0.29) is 0 Å². The van der Waals surface area contributed by atoms with E-state index in [9.17, 15) is 0 Å². The van der Waals surface area contributed by atoms with E-state index in [1.165, 1.54) is 0 Å². The lowest BCUT2D eigenvalue weighted by molar-refractivity contribution is 0.000672. The lowest BCUT2D eigenvalue weighted by atomic mass is 10.2. The molecule has 0 bridgehead atoms. The maximum absolute atomic E-state index is 5.70. The van der Waals surface area contributed by atoms with Gasteiger partial charge in [0.05, 0.1) is 53.4 Å². The molecule has 0 aromatic heterocycles. The third-order valence-corrected chi connectivity index (χ3v) is 2.74. The molecule has 1 aromatic carbocycles. The standard InChI is InChI=1S/C15H25NO5/c1-17-5-6-19-7-8-20-9-10-21-12-13-3-4-14(16)11-15(13)18-2/h3-4,11H,5-10,12,16H2,1-2H3. The van der Waals surface area contributed by atoms with Gasteiger partial charge < -0.3 is 29.4 Å². The molecule has 6 nitrogen and oxygen atoms in total. The predicted octanol–water partition coefficient (Wildman–Crippen LogP) is 1.47. The molecule has 0 radical (unpaired) electrons. The molecule has 0 saturated carbocycles. The summed E-state index contributed by atoms with van der Waals surface area (Å²) in [6.45, 7) is 3.83. The van der Waals surface area contributed by atoms with Crippen LogP contribution in [-0.4, -0.2) is 53.9 Å². The van der Waals surface area contributed by atoms with E-state index < -0.39 is 0 Å². The van der Waals surface area contributed by atoms with Crippen LogP contribution in [0, 0.1) is 0 Å². The van der Waals surface area contributed by atoms with E-state index in [2.05, 4.69) is 0 Å². The number of ether oxygens (including phenoxy) is 5. The summed E-state index contributed by atoms with van der Waals surface area (Å²) < 4.78 is 26.3. The van der Waals surface area contributed by atoms with Crippen LogP contribution in [0.5, 0.6) is 5.75 Å². The largest absolute Gasteiger partial charge is 0.496 e. The minimum absolute atomic E-state index is 0.469. The normalized spacial score (nSPS) is 10.8. The van der Waals surface area contributed by atoms with E-state index in [1.54, 1.807) is 20.3 Å². The number of methoxy groups -OCH3 is 2. The van der Waals surface area contributed by atoms with Gasteiger partial charge in [-0.2, -0.15) is 0 Å². The van der Waals surface area contributed by atoms with Crippen molar-refractivity contribution in [1.29, 1.82) is 0 Å². The van der Waals surface area contributed by atoms with Crippen LogP contribution >= 0.6 is 0 Å². The maximum Gasteiger partial charge on any atom is 0.126 e. The van der Waals surface area contributed by atoms with Crippen molar-refractivity contribution in [3.8, 4) is 5.75 Å². The summed E-state index contributed by atoms with van der Waals surface area (Å²) in [6, 6.07) is 5.51. The monoisotopic (exact) mass is 299 g/mol. The number of anilines is 1. The van der Waals surface area contributed by atoms with Crippen molar-refractivity contribution in [2.45, 2.75) is 6.61 Å². The van der Waals surface area contributed by atoms with E-state index in [4.69, 9.17) is 29.4 Å². The Kier molecular flexibility index (Phi) is 9.56. The topological polar surface area (TPSA) is 72.2 Å². The fourth-order valence-corrected chi connectivity index (χ4v) is 1.64. The van der Waals surface area contributed by atoms with Crippen LogP contribution in [0.15, 0.2) is 18.2 Å². The number of nitrogen functional groups attached to an aromatic ring is 1. The van der Waals surface area contributed by atoms with Crippen LogP contribution in [0.3, 0.4) is 0 Å². The first-order chi connectivity index (χ1) is 10.3. The SMILES string of the molecule is COCCOCCOCCOCc1ccc(N)cc1OC. The molecule has 0 aliphatic carbocycles. The van der Waals surface area contributed by atoms with Crippen molar-refractivity contribution in [2.75, 3.05) is 59.6 Å². The molecule has 0 fully saturated rings. The Morgan fingerprint density at radius 2 is 1.48 bits per heavy atom. The van der Waals surface area contributed by atoms with Gasteiger partial charge in [0, 0.05) is 24.4 Å². The predicted molar refractivity (Wildman–Crippen MR) is 80.6 cm³/mol. The minimum atomic E-state index is 0.469. The van der Waals surface area contributed by atoms with Gasteiger partial charge in [0.1, 0.15) is 5.75 Å². The van der Waals surface area contributed by atoms with Gasteiger partial charge in [-0.3, -0.25) is 0 Å². The average molecular weight is 299 g/mol. The second-order valence-corrected chi connectivity index (χ2v) is 4.34. The third-order valence-electron chi connectivity index (χ3n) is 2.74. The van der Waals surface area contributed by atoms with Crippen molar-refractivity contribution in [2.24, 2.45) is 0 Å². The summed E-state index contributed by atoms with van der Waals surface area (Å²) in [5, 5.41) is 0. The van der Waals surface area contributed by atoms with E-state index in [1.807, 2.05) is 12.1 Å². The quantitative estimate of drug-likeness (QED) is 0.465. The highest BCUT2D eigenvalue weighted by atomic mass is 16.6. The summed E-state index contributed by atoms with van der Waals surface area (Å²) >= 11 is 0. The minimum Gasteiger partial charge on any atom is -0.496 e. The van der Waals surface area contributed by atoms with Gasteiger partial charge in [0.25, 0.3) is 0 Å². The average Bonchev–Trinajstić information content (AvgIpc) is 2.50. The van der Waals surface area contributed by atoms with Crippen molar-refractivity contribution < 1.29 is 23.7 Å². The molecular formula is C15H25NO5. The number of hydrogen-bond acceptors (Lipinski definition) is 6. The maximum atomic E-state index is 5.70. The first-order valence-electron chi connectivity index (χ1n) is 6.92. The van der Waals surface area contributed by atoms with Gasteiger partial charge >= 0.3 is 0 Å². The second kappa shape index (κ2) is 11.3. The first kappa shape index (κ1) is 17.7. The Balaban J connectivity index is 2.04. The Bertz CT molecular complexity index is 386. The molecule has 21 heavy (non-hydrogen) atoms. The number of benzene rings is 1. The second-order valence-electron chi connectivity index (χ2n) is 4.34. The third kappa shape index (κ3) is 7.87. The fourth-order valence-electron chi connectivity index (χ4n) is 1.64. The number of rotatable bonds is 12. The van der Waals surface area contributed by atoms with Crippen molar-refractivity contribution in [3.05, 3.63) is 23.8 Å². The van der Waals surface area contributed by atoms with Gasteiger partial charge in [0.15, 0.2) is 0 Å². The molecule has 0 atom stereocenters. The zero-order valence-corrected chi connectivity index (χ0v) is 12.8. The van der Waals surface area contributed by atoms with Crippen molar-refractivity contribution in [3.63, 3.8) is 0 Å². The molecule has 0 aliphatic heterocycles. The van der Waals surface area contributed by atoms with E-state index in [0.717, 1.165) is 11.3 Å². The van der Waals surface area contributed by atoms with Crippen molar-refractivity contribution in [1.82, 2.24) is 0 Å². The molecule has 1 rings (SSSR count). The molecule has 0 amide bonds. The molecule has 0 saturated heterocycles. The van der Waals surface area contributed by atoms with Crippen LogP contribution in [0.25, 0.3) is 0 Å². The van der Waals surface area contributed by atoms with E-state index in [0.29, 0.717) is 51.9 Å². The summed E-state index contributed by atoms with van der Waals surface area (Å²) in [7, 11) is 3.26. The van der Waals surface area contributed by atoms with E-state index >= 15 is 0 Å². The molecule has 0 spiro atoms. The highest BCUT2D eigenvalue weighted by molar-refractivity contribution is 5.48. The summed E-state index contributed by atoms with van der Waals surface area (Å²) in [4.78, 5) is 0.